The minimum Gasteiger partial charge on any atom is -0.464 e. The fraction of sp³-hybridized carbons (Fsp3) is 0.429. The van der Waals surface area contributed by atoms with Crippen LogP contribution in [-0.4, -0.2) is 18.8 Å². The Labute approximate surface area is 99.5 Å². The topological polar surface area (TPSA) is 48.4 Å². The van der Waals surface area contributed by atoms with Gasteiger partial charge in [0.1, 0.15) is 5.58 Å². The van der Waals surface area contributed by atoms with E-state index < -0.39 is 0 Å². The number of benzene rings is 1. The third-order valence-corrected chi connectivity index (χ3v) is 4.44. The average Bonchev–Trinajstić information content (AvgIpc) is 2.88. The van der Waals surface area contributed by atoms with Gasteiger partial charge in [0.2, 0.25) is 0 Å². The van der Waals surface area contributed by atoms with Crippen LogP contribution in [0.2, 0.25) is 0 Å². The van der Waals surface area contributed by atoms with E-state index in [1.165, 1.54) is 10.9 Å². The lowest BCUT2D eigenvalue weighted by Crippen LogP contribution is -2.60. The van der Waals surface area contributed by atoms with Crippen LogP contribution in [0.1, 0.15) is 18.4 Å². The average molecular weight is 229 g/mol. The second-order valence-corrected chi connectivity index (χ2v) is 5.38. The summed E-state index contributed by atoms with van der Waals surface area (Å²) in [5.74, 6) is 0. The van der Waals surface area contributed by atoms with E-state index >= 15 is 0 Å². The van der Waals surface area contributed by atoms with Gasteiger partial charge in [-0.05, 0) is 18.9 Å². The van der Waals surface area contributed by atoms with Gasteiger partial charge in [-0.2, -0.15) is 0 Å². The molecule has 0 amide bonds. The molecule has 0 atom stereocenters. The van der Waals surface area contributed by atoms with Gasteiger partial charge in [0.25, 0.3) is 0 Å². The lowest BCUT2D eigenvalue weighted by molar-refractivity contribution is -0.0782. The number of furan rings is 1. The van der Waals surface area contributed by atoms with E-state index in [1.807, 2.05) is 24.5 Å². The molecule has 0 bridgehead atoms. The van der Waals surface area contributed by atoms with Gasteiger partial charge in [0.15, 0.2) is 0 Å². The first-order valence-corrected chi connectivity index (χ1v) is 6.09. The first-order chi connectivity index (χ1) is 8.25. The molecule has 88 valence electrons. The first-order valence-electron chi connectivity index (χ1n) is 6.09. The summed E-state index contributed by atoms with van der Waals surface area (Å²) in [6.07, 6.45) is 4.06. The zero-order valence-electron chi connectivity index (χ0n) is 9.61. The molecule has 1 saturated heterocycles. The monoisotopic (exact) mass is 229 g/mol. The molecule has 2 aliphatic rings. The van der Waals surface area contributed by atoms with Gasteiger partial charge >= 0.3 is 0 Å². The molecule has 0 spiro atoms. The highest BCUT2D eigenvalue weighted by atomic mass is 16.5. The second-order valence-electron chi connectivity index (χ2n) is 5.38. The van der Waals surface area contributed by atoms with Crippen molar-refractivity contribution in [3.63, 3.8) is 0 Å². The fourth-order valence-electron chi connectivity index (χ4n) is 2.98. The summed E-state index contributed by atoms with van der Waals surface area (Å²) in [4.78, 5) is 0. The van der Waals surface area contributed by atoms with Crippen molar-refractivity contribution < 1.29 is 9.15 Å². The largest absolute Gasteiger partial charge is 0.464 e. The van der Waals surface area contributed by atoms with Gasteiger partial charge in [0.05, 0.1) is 24.9 Å². The van der Waals surface area contributed by atoms with Crippen molar-refractivity contribution in [2.75, 3.05) is 13.2 Å². The van der Waals surface area contributed by atoms with E-state index in [0.717, 1.165) is 31.6 Å². The van der Waals surface area contributed by atoms with Crippen LogP contribution in [0.3, 0.4) is 0 Å². The van der Waals surface area contributed by atoms with E-state index in [9.17, 15) is 0 Å². The predicted octanol–water partition coefficient (Wildman–Crippen LogP) is 2.19. The zero-order chi connectivity index (χ0) is 11.5. The lowest BCUT2D eigenvalue weighted by atomic mass is 9.70. The number of ether oxygens (including phenoxy) is 1. The van der Waals surface area contributed by atoms with Gasteiger partial charge < -0.3 is 14.9 Å². The number of hydrogen-bond donors (Lipinski definition) is 1. The molecule has 3 nitrogen and oxygen atoms in total. The van der Waals surface area contributed by atoms with E-state index in [1.54, 1.807) is 0 Å². The molecular weight excluding hydrogens is 214 g/mol. The van der Waals surface area contributed by atoms with E-state index in [-0.39, 0.29) is 11.0 Å². The van der Waals surface area contributed by atoms with Crippen molar-refractivity contribution in [3.8, 4) is 0 Å². The van der Waals surface area contributed by atoms with Crippen molar-refractivity contribution in [1.29, 1.82) is 0 Å². The SMILES string of the molecule is NC1(C2(c3coc4ccccc34)COC2)CC1. The Morgan fingerprint density at radius 3 is 2.53 bits per heavy atom. The molecule has 1 aliphatic heterocycles. The molecule has 4 rings (SSSR count). The quantitative estimate of drug-likeness (QED) is 0.858. The smallest absolute Gasteiger partial charge is 0.134 e. The molecule has 1 aliphatic carbocycles. The van der Waals surface area contributed by atoms with E-state index in [2.05, 4.69) is 6.07 Å². The van der Waals surface area contributed by atoms with E-state index in [0.29, 0.717) is 0 Å². The molecule has 1 aromatic carbocycles. The van der Waals surface area contributed by atoms with Crippen LogP contribution in [0, 0.1) is 0 Å². The summed E-state index contributed by atoms with van der Waals surface area (Å²) >= 11 is 0. The van der Waals surface area contributed by atoms with Crippen LogP contribution in [0.15, 0.2) is 34.9 Å². The van der Waals surface area contributed by atoms with Crippen molar-refractivity contribution in [1.82, 2.24) is 0 Å². The molecule has 2 aromatic rings. The number of fused-ring (bicyclic) bond motifs is 1. The first kappa shape index (κ1) is 9.68. The Balaban J connectivity index is 1.93. The van der Waals surface area contributed by atoms with Crippen LogP contribution in [0.4, 0.5) is 0 Å². The molecule has 17 heavy (non-hydrogen) atoms. The third-order valence-electron chi connectivity index (χ3n) is 4.44. The van der Waals surface area contributed by atoms with Crippen molar-refractivity contribution in [2.45, 2.75) is 23.8 Å². The van der Waals surface area contributed by atoms with Crippen LogP contribution in [0.5, 0.6) is 0 Å². The highest BCUT2D eigenvalue weighted by molar-refractivity contribution is 5.82. The molecule has 0 radical (unpaired) electrons. The van der Waals surface area contributed by atoms with Crippen molar-refractivity contribution in [2.24, 2.45) is 5.73 Å². The van der Waals surface area contributed by atoms with Crippen molar-refractivity contribution >= 4 is 11.0 Å². The van der Waals surface area contributed by atoms with Crippen molar-refractivity contribution in [3.05, 3.63) is 36.1 Å². The number of para-hydroxylation sites is 1. The maximum atomic E-state index is 6.45. The summed E-state index contributed by atoms with van der Waals surface area (Å²) in [5.41, 5.74) is 8.54. The number of nitrogens with two attached hydrogens (primary N) is 1. The predicted molar refractivity (Wildman–Crippen MR) is 64.9 cm³/mol. The van der Waals surface area contributed by atoms with Crippen LogP contribution >= 0.6 is 0 Å². The summed E-state index contributed by atoms with van der Waals surface area (Å²) in [5, 5.41) is 1.19. The van der Waals surface area contributed by atoms with Crippen LogP contribution in [-0.2, 0) is 10.2 Å². The molecule has 1 saturated carbocycles. The maximum Gasteiger partial charge on any atom is 0.134 e. The summed E-state index contributed by atoms with van der Waals surface area (Å²) < 4.78 is 11.1. The Hall–Kier alpha value is -1.32. The fourth-order valence-corrected chi connectivity index (χ4v) is 2.98. The number of hydrogen-bond acceptors (Lipinski definition) is 3. The highest BCUT2D eigenvalue weighted by Gasteiger charge is 2.62. The summed E-state index contributed by atoms with van der Waals surface area (Å²) in [7, 11) is 0. The minimum atomic E-state index is -0.0715. The maximum absolute atomic E-state index is 6.45. The molecule has 1 aromatic heterocycles. The molecule has 2 heterocycles. The molecule has 2 fully saturated rings. The van der Waals surface area contributed by atoms with Gasteiger partial charge in [-0.1, -0.05) is 18.2 Å². The standard InChI is InChI=1S/C14H15NO2/c15-14(5-6-14)13(8-16-9-13)11-7-17-12-4-2-1-3-10(11)12/h1-4,7H,5-6,8-9,15H2. The second kappa shape index (κ2) is 2.92. The lowest BCUT2D eigenvalue weighted by Gasteiger charge is -2.46. The Morgan fingerprint density at radius 2 is 1.88 bits per heavy atom. The highest BCUT2D eigenvalue weighted by Crippen LogP contribution is 2.54. The van der Waals surface area contributed by atoms with Crippen LogP contribution < -0.4 is 5.73 Å². The van der Waals surface area contributed by atoms with Gasteiger partial charge in [-0.15, -0.1) is 0 Å². The normalized spacial score (nSPS) is 24.5. The number of rotatable bonds is 2. The third kappa shape index (κ3) is 1.08. The molecule has 3 heteroatoms. The Bertz CT molecular complexity index is 579. The van der Waals surface area contributed by atoms with E-state index in [4.69, 9.17) is 14.9 Å². The Kier molecular flexibility index (Phi) is 1.66. The molecule has 0 unspecified atom stereocenters. The van der Waals surface area contributed by atoms with Gasteiger partial charge in [-0.25, -0.2) is 0 Å². The van der Waals surface area contributed by atoms with Gasteiger partial charge in [-0.3, -0.25) is 0 Å². The minimum absolute atomic E-state index is 0.0143. The summed E-state index contributed by atoms with van der Waals surface area (Å²) in [6, 6.07) is 8.15. The zero-order valence-corrected chi connectivity index (χ0v) is 9.61. The summed E-state index contributed by atoms with van der Waals surface area (Å²) in [6.45, 7) is 1.46. The van der Waals surface area contributed by atoms with Crippen LogP contribution in [0.25, 0.3) is 11.0 Å². The Morgan fingerprint density at radius 1 is 1.12 bits per heavy atom. The molecular formula is C14H15NO2. The molecule has 2 N–H and O–H groups in total. The van der Waals surface area contributed by atoms with Gasteiger partial charge in [0, 0.05) is 16.5 Å².